The summed E-state index contributed by atoms with van der Waals surface area (Å²) in [4.78, 5) is 9.74. The van der Waals surface area contributed by atoms with E-state index < -0.39 is 0 Å². The molecule has 1 aromatic heterocycles. The molecule has 1 aliphatic heterocycles. The third-order valence-corrected chi connectivity index (χ3v) is 4.85. The lowest BCUT2D eigenvalue weighted by Crippen LogP contribution is -2.50. The maximum Gasteiger partial charge on any atom is 0.128 e. The smallest absolute Gasteiger partial charge is 0.128 e. The van der Waals surface area contributed by atoms with Gasteiger partial charge in [0.05, 0.1) is 0 Å². The van der Waals surface area contributed by atoms with Crippen LogP contribution in [0.15, 0.2) is 18.3 Å². The first-order valence-corrected chi connectivity index (χ1v) is 8.42. The van der Waals surface area contributed by atoms with Crippen LogP contribution in [0.1, 0.15) is 38.2 Å². The minimum Gasteiger partial charge on any atom is -0.354 e. The Bertz CT molecular complexity index is 429. The molecular formula is C17H28N4. The number of hydrogen-bond donors (Lipinski definition) is 1. The van der Waals surface area contributed by atoms with Crippen LogP contribution in [-0.4, -0.2) is 48.1 Å². The van der Waals surface area contributed by atoms with Crippen molar-refractivity contribution in [1.82, 2.24) is 9.88 Å². The summed E-state index contributed by atoms with van der Waals surface area (Å²) in [7, 11) is 0. The molecule has 1 atom stereocenters. The second-order valence-corrected chi connectivity index (χ2v) is 6.67. The Labute approximate surface area is 128 Å². The van der Waals surface area contributed by atoms with E-state index in [9.17, 15) is 0 Å². The topological polar surface area (TPSA) is 45.4 Å². The SMILES string of the molecule is CC(N)Cc1ccc(N2CCN(C3CCCC3)CC2)nc1. The van der Waals surface area contributed by atoms with Crippen LogP contribution in [0.3, 0.4) is 0 Å². The lowest BCUT2D eigenvalue weighted by atomic mass is 10.1. The molecular weight excluding hydrogens is 260 g/mol. The highest BCUT2D eigenvalue weighted by molar-refractivity contribution is 5.40. The molecule has 4 nitrogen and oxygen atoms in total. The minimum absolute atomic E-state index is 0.201. The van der Waals surface area contributed by atoms with Gasteiger partial charge in [-0.15, -0.1) is 0 Å². The predicted molar refractivity (Wildman–Crippen MR) is 87.6 cm³/mol. The van der Waals surface area contributed by atoms with Gasteiger partial charge in [-0.25, -0.2) is 4.98 Å². The van der Waals surface area contributed by atoms with Crippen molar-refractivity contribution in [3.8, 4) is 0 Å². The van der Waals surface area contributed by atoms with Gasteiger partial charge in [-0.3, -0.25) is 4.90 Å². The van der Waals surface area contributed by atoms with Gasteiger partial charge in [-0.1, -0.05) is 18.9 Å². The van der Waals surface area contributed by atoms with E-state index in [1.54, 1.807) is 0 Å². The van der Waals surface area contributed by atoms with Crippen molar-refractivity contribution in [3.63, 3.8) is 0 Å². The van der Waals surface area contributed by atoms with Gasteiger partial charge < -0.3 is 10.6 Å². The van der Waals surface area contributed by atoms with Crippen LogP contribution in [0.25, 0.3) is 0 Å². The van der Waals surface area contributed by atoms with E-state index in [4.69, 9.17) is 5.73 Å². The van der Waals surface area contributed by atoms with E-state index >= 15 is 0 Å². The molecule has 2 fully saturated rings. The Hall–Kier alpha value is -1.13. The van der Waals surface area contributed by atoms with Crippen LogP contribution >= 0.6 is 0 Å². The molecule has 1 saturated carbocycles. The quantitative estimate of drug-likeness (QED) is 0.921. The first-order valence-electron chi connectivity index (χ1n) is 8.42. The van der Waals surface area contributed by atoms with Gasteiger partial charge in [-0.2, -0.15) is 0 Å². The van der Waals surface area contributed by atoms with Crippen LogP contribution in [0.4, 0.5) is 5.82 Å². The second kappa shape index (κ2) is 6.75. The summed E-state index contributed by atoms with van der Waals surface area (Å²) in [6.07, 6.45) is 8.56. The predicted octanol–water partition coefficient (Wildman–Crippen LogP) is 2.04. The molecule has 4 heteroatoms. The van der Waals surface area contributed by atoms with Crippen molar-refractivity contribution < 1.29 is 0 Å². The largest absolute Gasteiger partial charge is 0.354 e. The van der Waals surface area contributed by atoms with Crippen LogP contribution in [-0.2, 0) is 6.42 Å². The maximum atomic E-state index is 5.84. The summed E-state index contributed by atoms with van der Waals surface area (Å²) in [5, 5.41) is 0. The molecule has 0 bridgehead atoms. The number of nitrogens with two attached hydrogens (primary N) is 1. The molecule has 0 amide bonds. The number of piperazine rings is 1. The standard InChI is InChI=1S/C17H28N4/c1-14(18)12-15-6-7-17(19-13-15)21-10-8-20(9-11-21)16-4-2-3-5-16/h6-7,13-14,16H,2-5,8-12,18H2,1H3. The minimum atomic E-state index is 0.201. The monoisotopic (exact) mass is 288 g/mol. The third kappa shape index (κ3) is 3.74. The normalized spacial score (nSPS) is 22.7. The number of rotatable bonds is 4. The van der Waals surface area contributed by atoms with Gasteiger partial charge in [-0.05, 0) is 37.8 Å². The lowest BCUT2D eigenvalue weighted by molar-refractivity contribution is 0.187. The molecule has 1 aromatic rings. The number of nitrogens with zero attached hydrogens (tertiary/aromatic N) is 3. The molecule has 116 valence electrons. The van der Waals surface area contributed by atoms with E-state index in [2.05, 4.69) is 26.9 Å². The van der Waals surface area contributed by atoms with Crippen molar-refractivity contribution >= 4 is 5.82 Å². The fourth-order valence-corrected chi connectivity index (χ4v) is 3.68. The van der Waals surface area contributed by atoms with Crippen molar-refractivity contribution in [2.75, 3.05) is 31.1 Å². The molecule has 1 unspecified atom stereocenters. The van der Waals surface area contributed by atoms with Crippen LogP contribution < -0.4 is 10.6 Å². The second-order valence-electron chi connectivity index (χ2n) is 6.67. The Morgan fingerprint density at radius 3 is 2.48 bits per heavy atom. The van der Waals surface area contributed by atoms with Crippen molar-refractivity contribution in [2.24, 2.45) is 5.73 Å². The number of anilines is 1. The number of aromatic nitrogens is 1. The summed E-state index contributed by atoms with van der Waals surface area (Å²) in [5.41, 5.74) is 7.07. The molecule has 21 heavy (non-hydrogen) atoms. The summed E-state index contributed by atoms with van der Waals surface area (Å²) >= 11 is 0. The zero-order chi connectivity index (χ0) is 14.7. The molecule has 2 heterocycles. The average Bonchev–Trinajstić information content (AvgIpc) is 3.02. The van der Waals surface area contributed by atoms with Gasteiger partial charge in [0.2, 0.25) is 0 Å². The Morgan fingerprint density at radius 2 is 1.90 bits per heavy atom. The highest BCUT2D eigenvalue weighted by Crippen LogP contribution is 2.25. The van der Waals surface area contributed by atoms with Crippen molar-refractivity contribution in [3.05, 3.63) is 23.9 Å². The molecule has 3 rings (SSSR count). The molecule has 0 radical (unpaired) electrons. The van der Waals surface area contributed by atoms with Crippen LogP contribution in [0, 0.1) is 0 Å². The van der Waals surface area contributed by atoms with E-state index in [0.29, 0.717) is 0 Å². The van der Waals surface area contributed by atoms with Crippen LogP contribution in [0.5, 0.6) is 0 Å². The first kappa shape index (κ1) is 14.8. The fourth-order valence-electron chi connectivity index (χ4n) is 3.68. The van der Waals surface area contributed by atoms with Gasteiger partial charge in [0.1, 0.15) is 5.82 Å². The van der Waals surface area contributed by atoms with Crippen molar-refractivity contribution in [1.29, 1.82) is 0 Å². The van der Waals surface area contributed by atoms with E-state index in [-0.39, 0.29) is 6.04 Å². The Kier molecular flexibility index (Phi) is 4.76. The molecule has 1 saturated heterocycles. The zero-order valence-corrected chi connectivity index (χ0v) is 13.2. The average molecular weight is 288 g/mol. The molecule has 2 N–H and O–H groups in total. The third-order valence-electron chi connectivity index (χ3n) is 4.85. The summed E-state index contributed by atoms with van der Waals surface area (Å²) in [6.45, 7) is 6.63. The van der Waals surface area contributed by atoms with E-state index in [0.717, 1.165) is 31.4 Å². The lowest BCUT2D eigenvalue weighted by Gasteiger charge is -2.38. The molecule has 2 aliphatic rings. The Balaban J connectivity index is 1.54. The summed E-state index contributed by atoms with van der Waals surface area (Å²) < 4.78 is 0. The van der Waals surface area contributed by atoms with E-state index in [1.165, 1.54) is 44.3 Å². The van der Waals surface area contributed by atoms with Crippen molar-refractivity contribution in [2.45, 2.75) is 51.1 Å². The van der Waals surface area contributed by atoms with Gasteiger partial charge in [0.15, 0.2) is 0 Å². The van der Waals surface area contributed by atoms with E-state index in [1.807, 2.05) is 13.1 Å². The Morgan fingerprint density at radius 1 is 1.19 bits per heavy atom. The van der Waals surface area contributed by atoms with Gasteiger partial charge >= 0.3 is 0 Å². The number of hydrogen-bond acceptors (Lipinski definition) is 4. The summed E-state index contributed by atoms with van der Waals surface area (Å²) in [6, 6.07) is 5.39. The molecule has 0 spiro atoms. The fraction of sp³-hybridized carbons (Fsp3) is 0.706. The van der Waals surface area contributed by atoms with Gasteiger partial charge in [0, 0.05) is 44.5 Å². The zero-order valence-electron chi connectivity index (χ0n) is 13.2. The molecule has 0 aromatic carbocycles. The maximum absolute atomic E-state index is 5.84. The highest BCUT2D eigenvalue weighted by atomic mass is 15.3. The number of pyridine rings is 1. The first-order chi connectivity index (χ1) is 10.2. The highest BCUT2D eigenvalue weighted by Gasteiger charge is 2.26. The van der Waals surface area contributed by atoms with Gasteiger partial charge in [0.25, 0.3) is 0 Å². The summed E-state index contributed by atoms with van der Waals surface area (Å²) in [5.74, 6) is 1.12. The van der Waals surface area contributed by atoms with Crippen LogP contribution in [0.2, 0.25) is 0 Å². The molecule has 1 aliphatic carbocycles.